The van der Waals surface area contributed by atoms with Crippen LogP contribution in [0.4, 0.5) is 0 Å². The maximum absolute atomic E-state index is 5.55. The van der Waals surface area contributed by atoms with Gasteiger partial charge in [0.05, 0.1) is 13.3 Å². The number of fused-ring (bicyclic) bond motifs is 1. The number of benzene rings is 2. The molecular weight excluding hydrogens is 334 g/mol. The Hall–Kier alpha value is -2.33. The van der Waals surface area contributed by atoms with Gasteiger partial charge in [-0.05, 0) is 47.9 Å². The van der Waals surface area contributed by atoms with E-state index in [-0.39, 0.29) is 0 Å². The van der Waals surface area contributed by atoms with E-state index in [1.165, 1.54) is 40.4 Å². The zero-order valence-electron chi connectivity index (χ0n) is 16.5. The van der Waals surface area contributed by atoms with E-state index in [2.05, 4.69) is 65.3 Å². The molecule has 1 aliphatic heterocycles. The van der Waals surface area contributed by atoms with Crippen molar-refractivity contribution in [2.24, 2.45) is 0 Å². The Morgan fingerprint density at radius 1 is 1.19 bits per heavy atom. The van der Waals surface area contributed by atoms with Gasteiger partial charge in [-0.15, -0.1) is 0 Å². The van der Waals surface area contributed by atoms with Crippen LogP contribution in [0.3, 0.4) is 0 Å². The molecule has 4 rings (SSSR count). The zero-order chi connectivity index (χ0) is 18.8. The van der Waals surface area contributed by atoms with Gasteiger partial charge in [0, 0.05) is 30.1 Å². The molecule has 1 atom stereocenters. The highest BCUT2D eigenvalue weighted by atomic mass is 16.5. The predicted molar refractivity (Wildman–Crippen MR) is 110 cm³/mol. The molecule has 27 heavy (non-hydrogen) atoms. The summed E-state index contributed by atoms with van der Waals surface area (Å²) in [6.45, 7) is 7.72. The van der Waals surface area contributed by atoms with Crippen molar-refractivity contribution in [3.8, 4) is 5.75 Å². The van der Waals surface area contributed by atoms with Crippen molar-refractivity contribution >= 4 is 10.8 Å². The van der Waals surface area contributed by atoms with E-state index in [1.807, 2.05) is 6.20 Å². The fourth-order valence-electron chi connectivity index (χ4n) is 4.42. The first-order valence-electron chi connectivity index (χ1n) is 9.97. The Labute approximate surface area is 161 Å². The Bertz CT molecular complexity index is 915. The second kappa shape index (κ2) is 7.73. The minimum atomic E-state index is 0.514. The first kappa shape index (κ1) is 18.1. The van der Waals surface area contributed by atoms with Gasteiger partial charge >= 0.3 is 0 Å². The largest absolute Gasteiger partial charge is 0.496 e. The minimum Gasteiger partial charge on any atom is -0.496 e. The van der Waals surface area contributed by atoms with Crippen LogP contribution in [0.2, 0.25) is 0 Å². The van der Waals surface area contributed by atoms with E-state index in [9.17, 15) is 0 Å². The van der Waals surface area contributed by atoms with Gasteiger partial charge in [-0.3, -0.25) is 10.00 Å². The number of rotatable bonds is 5. The van der Waals surface area contributed by atoms with Gasteiger partial charge in [0.1, 0.15) is 5.75 Å². The molecule has 2 heterocycles. The maximum atomic E-state index is 5.55. The van der Waals surface area contributed by atoms with Gasteiger partial charge < -0.3 is 4.74 Å². The Balaban J connectivity index is 1.57. The fraction of sp³-hybridized carbons (Fsp3) is 0.435. The quantitative estimate of drug-likeness (QED) is 0.688. The normalized spacial score (nSPS) is 18.3. The molecule has 3 aromatic rings. The Kier molecular flexibility index (Phi) is 5.17. The highest BCUT2D eigenvalue weighted by Crippen LogP contribution is 2.33. The SMILES string of the molecule is COc1ccc(CN2CCCC(c3[nH]ncc3C(C)C)C2)c2ccccc12. The van der Waals surface area contributed by atoms with Gasteiger partial charge in [0.2, 0.25) is 0 Å². The van der Waals surface area contributed by atoms with E-state index in [1.54, 1.807) is 7.11 Å². The summed E-state index contributed by atoms with van der Waals surface area (Å²) in [7, 11) is 1.74. The Morgan fingerprint density at radius 2 is 2.00 bits per heavy atom. The molecule has 0 spiro atoms. The lowest BCUT2D eigenvalue weighted by Crippen LogP contribution is -2.34. The van der Waals surface area contributed by atoms with E-state index in [0.717, 1.165) is 25.4 Å². The first-order valence-corrected chi connectivity index (χ1v) is 9.97. The molecular formula is C23H29N3O. The van der Waals surface area contributed by atoms with Crippen molar-refractivity contribution in [2.75, 3.05) is 20.2 Å². The van der Waals surface area contributed by atoms with Crippen molar-refractivity contribution in [3.63, 3.8) is 0 Å². The molecule has 2 aromatic carbocycles. The van der Waals surface area contributed by atoms with Crippen molar-refractivity contribution in [1.82, 2.24) is 15.1 Å². The van der Waals surface area contributed by atoms with Crippen molar-refractivity contribution < 1.29 is 4.74 Å². The predicted octanol–water partition coefficient (Wildman–Crippen LogP) is 5.07. The molecule has 0 bridgehead atoms. The summed E-state index contributed by atoms with van der Waals surface area (Å²) in [5, 5.41) is 10.1. The molecule has 1 fully saturated rings. The summed E-state index contributed by atoms with van der Waals surface area (Å²) < 4.78 is 5.55. The van der Waals surface area contributed by atoms with Crippen LogP contribution >= 0.6 is 0 Å². The van der Waals surface area contributed by atoms with Gasteiger partial charge in [-0.1, -0.05) is 44.2 Å². The number of aromatic nitrogens is 2. The van der Waals surface area contributed by atoms with Crippen LogP contribution in [0.5, 0.6) is 5.75 Å². The second-order valence-electron chi connectivity index (χ2n) is 7.94. The monoisotopic (exact) mass is 363 g/mol. The topological polar surface area (TPSA) is 41.1 Å². The standard InChI is InChI=1S/C23H29N3O/c1-16(2)21-13-24-25-23(21)18-7-6-12-26(15-18)14-17-10-11-22(27-3)20-9-5-4-8-19(17)20/h4-5,8-11,13,16,18H,6-7,12,14-15H2,1-3H3,(H,24,25). The minimum absolute atomic E-state index is 0.514. The third-order valence-corrected chi connectivity index (χ3v) is 5.82. The Morgan fingerprint density at radius 3 is 2.78 bits per heavy atom. The molecule has 1 unspecified atom stereocenters. The van der Waals surface area contributed by atoms with Crippen molar-refractivity contribution in [1.29, 1.82) is 0 Å². The molecule has 142 valence electrons. The molecule has 1 aliphatic rings. The lowest BCUT2D eigenvalue weighted by atomic mass is 9.89. The lowest BCUT2D eigenvalue weighted by molar-refractivity contribution is 0.198. The van der Waals surface area contributed by atoms with Gasteiger partial charge in [-0.2, -0.15) is 5.10 Å². The summed E-state index contributed by atoms with van der Waals surface area (Å²) in [4.78, 5) is 2.59. The smallest absolute Gasteiger partial charge is 0.126 e. The number of ether oxygens (including phenoxy) is 1. The van der Waals surface area contributed by atoms with Crippen LogP contribution in [-0.4, -0.2) is 35.3 Å². The third kappa shape index (κ3) is 3.59. The van der Waals surface area contributed by atoms with E-state index in [4.69, 9.17) is 4.74 Å². The molecule has 0 saturated carbocycles. The van der Waals surface area contributed by atoms with Crippen molar-refractivity contribution in [3.05, 3.63) is 59.4 Å². The number of aromatic amines is 1. The molecule has 4 heteroatoms. The van der Waals surface area contributed by atoms with Crippen LogP contribution in [0.1, 0.15) is 55.3 Å². The lowest BCUT2D eigenvalue weighted by Gasteiger charge is -2.33. The highest BCUT2D eigenvalue weighted by Gasteiger charge is 2.25. The molecule has 0 amide bonds. The van der Waals surface area contributed by atoms with E-state index >= 15 is 0 Å². The van der Waals surface area contributed by atoms with Crippen LogP contribution in [0.15, 0.2) is 42.6 Å². The average Bonchev–Trinajstić information content (AvgIpc) is 3.19. The summed E-state index contributed by atoms with van der Waals surface area (Å²) in [6.07, 6.45) is 4.48. The number of hydrogen-bond donors (Lipinski definition) is 1. The first-order chi connectivity index (χ1) is 13.2. The van der Waals surface area contributed by atoms with Crippen LogP contribution in [0.25, 0.3) is 10.8 Å². The number of H-pyrrole nitrogens is 1. The van der Waals surface area contributed by atoms with Gasteiger partial charge in [0.15, 0.2) is 0 Å². The van der Waals surface area contributed by atoms with E-state index < -0.39 is 0 Å². The molecule has 1 saturated heterocycles. The highest BCUT2D eigenvalue weighted by molar-refractivity contribution is 5.91. The summed E-state index contributed by atoms with van der Waals surface area (Å²) in [5.41, 5.74) is 4.09. The number of nitrogens with one attached hydrogen (secondary N) is 1. The summed E-state index contributed by atoms with van der Waals surface area (Å²) in [5.74, 6) is 2.01. The van der Waals surface area contributed by atoms with Crippen LogP contribution in [0, 0.1) is 0 Å². The summed E-state index contributed by atoms with van der Waals surface area (Å²) >= 11 is 0. The molecule has 0 aliphatic carbocycles. The van der Waals surface area contributed by atoms with Gasteiger partial charge in [-0.25, -0.2) is 0 Å². The molecule has 0 radical (unpaired) electrons. The van der Waals surface area contributed by atoms with Crippen LogP contribution < -0.4 is 4.74 Å². The summed E-state index contributed by atoms with van der Waals surface area (Å²) in [6, 6.07) is 12.9. The van der Waals surface area contributed by atoms with Crippen LogP contribution in [-0.2, 0) is 6.54 Å². The van der Waals surface area contributed by atoms with Gasteiger partial charge in [0.25, 0.3) is 0 Å². The number of hydrogen-bond acceptors (Lipinski definition) is 3. The average molecular weight is 364 g/mol. The molecule has 1 N–H and O–H groups in total. The number of nitrogens with zero attached hydrogens (tertiary/aromatic N) is 2. The third-order valence-electron chi connectivity index (χ3n) is 5.82. The number of methoxy groups -OCH3 is 1. The fourth-order valence-corrected chi connectivity index (χ4v) is 4.42. The van der Waals surface area contributed by atoms with E-state index in [0.29, 0.717) is 11.8 Å². The zero-order valence-corrected chi connectivity index (χ0v) is 16.5. The number of likely N-dealkylation sites (tertiary alicyclic amines) is 1. The second-order valence-corrected chi connectivity index (χ2v) is 7.94. The maximum Gasteiger partial charge on any atom is 0.126 e. The number of piperidine rings is 1. The molecule has 4 nitrogen and oxygen atoms in total. The van der Waals surface area contributed by atoms with Crippen molar-refractivity contribution in [2.45, 2.75) is 45.1 Å². The molecule has 1 aromatic heterocycles.